The Labute approximate surface area is 94.4 Å². The van der Waals surface area contributed by atoms with Gasteiger partial charge in [-0.25, -0.2) is 0 Å². The van der Waals surface area contributed by atoms with Gasteiger partial charge < -0.3 is 15.6 Å². The van der Waals surface area contributed by atoms with Gasteiger partial charge in [-0.05, 0) is 13.0 Å². The van der Waals surface area contributed by atoms with Crippen LogP contribution >= 0.6 is 0 Å². The number of aryl methyl sites for hydroxylation is 1. The van der Waals surface area contributed by atoms with Crippen LogP contribution in [0.2, 0.25) is 0 Å². The van der Waals surface area contributed by atoms with Gasteiger partial charge >= 0.3 is 0 Å². The van der Waals surface area contributed by atoms with Crippen LogP contribution in [-0.2, 0) is 0 Å². The second kappa shape index (κ2) is 4.81. The molecule has 0 unspecified atom stereocenters. The Morgan fingerprint density at radius 1 is 1.44 bits per heavy atom. The van der Waals surface area contributed by atoms with Crippen LogP contribution in [0.4, 0.5) is 5.69 Å². The lowest BCUT2D eigenvalue weighted by atomic mass is 10.1. The van der Waals surface area contributed by atoms with Crippen molar-refractivity contribution >= 4 is 5.69 Å². The molecule has 4 heteroatoms. The molecule has 0 fully saturated rings. The molecule has 0 bridgehead atoms. The van der Waals surface area contributed by atoms with Crippen LogP contribution in [0.1, 0.15) is 5.56 Å². The highest BCUT2D eigenvalue weighted by Crippen LogP contribution is 2.27. The van der Waals surface area contributed by atoms with Crippen molar-refractivity contribution in [3.63, 3.8) is 0 Å². The van der Waals surface area contributed by atoms with Crippen LogP contribution in [-0.4, -0.2) is 18.2 Å². The third-order valence-electron chi connectivity index (χ3n) is 2.31. The molecule has 2 rings (SSSR count). The fraction of sp³-hybridized carbons (Fsp3) is 0.250. The number of benzene rings is 1. The molecule has 0 aliphatic rings. The van der Waals surface area contributed by atoms with E-state index in [1.165, 1.54) is 5.56 Å². The molecule has 16 heavy (non-hydrogen) atoms. The molecule has 1 aromatic heterocycles. The van der Waals surface area contributed by atoms with Crippen molar-refractivity contribution < 1.29 is 4.52 Å². The van der Waals surface area contributed by atoms with Crippen LogP contribution in [0.3, 0.4) is 0 Å². The van der Waals surface area contributed by atoms with E-state index in [-0.39, 0.29) is 0 Å². The highest BCUT2D eigenvalue weighted by atomic mass is 16.5. The lowest BCUT2D eigenvalue weighted by molar-refractivity contribution is 0.432. The zero-order chi connectivity index (χ0) is 11.4. The van der Waals surface area contributed by atoms with Crippen molar-refractivity contribution in [3.05, 3.63) is 36.0 Å². The van der Waals surface area contributed by atoms with Gasteiger partial charge in [0.25, 0.3) is 0 Å². The van der Waals surface area contributed by atoms with Gasteiger partial charge in [0.15, 0.2) is 5.76 Å². The standard InChI is InChI=1S/C12H15N3O/c1-9-3-2-4-10(7-9)12-11(8-15-16-12)14-6-5-13/h2-4,7-8,14H,5-6,13H2,1H3. The normalized spacial score (nSPS) is 10.4. The zero-order valence-electron chi connectivity index (χ0n) is 9.23. The second-order valence-corrected chi connectivity index (χ2v) is 3.65. The molecule has 0 amide bonds. The molecule has 2 aromatic rings. The predicted octanol–water partition coefficient (Wildman–Crippen LogP) is 2.02. The summed E-state index contributed by atoms with van der Waals surface area (Å²) in [7, 11) is 0. The van der Waals surface area contributed by atoms with Crippen LogP contribution < -0.4 is 11.1 Å². The third kappa shape index (κ3) is 2.23. The minimum Gasteiger partial charge on any atom is -0.379 e. The van der Waals surface area contributed by atoms with Crippen LogP contribution in [0.15, 0.2) is 35.0 Å². The summed E-state index contributed by atoms with van der Waals surface area (Å²) in [6.45, 7) is 3.34. The molecule has 0 aliphatic carbocycles. The molecule has 4 nitrogen and oxygen atoms in total. The van der Waals surface area contributed by atoms with E-state index in [4.69, 9.17) is 10.3 Å². The van der Waals surface area contributed by atoms with E-state index in [1.807, 2.05) is 25.1 Å². The summed E-state index contributed by atoms with van der Waals surface area (Å²) in [4.78, 5) is 0. The van der Waals surface area contributed by atoms with E-state index in [2.05, 4.69) is 16.5 Å². The van der Waals surface area contributed by atoms with E-state index in [0.717, 1.165) is 17.0 Å². The van der Waals surface area contributed by atoms with Gasteiger partial charge in [0.05, 0.1) is 6.20 Å². The molecule has 0 aliphatic heterocycles. The minimum absolute atomic E-state index is 0.582. The molecule has 0 radical (unpaired) electrons. The Morgan fingerprint density at radius 2 is 2.31 bits per heavy atom. The summed E-state index contributed by atoms with van der Waals surface area (Å²) in [5.74, 6) is 0.761. The highest BCUT2D eigenvalue weighted by Gasteiger charge is 2.09. The maximum Gasteiger partial charge on any atom is 0.189 e. The Bertz CT molecular complexity index is 465. The molecular formula is C12H15N3O. The first-order valence-corrected chi connectivity index (χ1v) is 5.27. The maximum absolute atomic E-state index is 5.44. The van der Waals surface area contributed by atoms with Crippen molar-refractivity contribution in [2.75, 3.05) is 18.4 Å². The quantitative estimate of drug-likeness (QED) is 0.822. The number of aromatic nitrogens is 1. The largest absolute Gasteiger partial charge is 0.379 e. The summed E-state index contributed by atoms with van der Waals surface area (Å²) in [5, 5.41) is 6.98. The van der Waals surface area contributed by atoms with Crippen molar-refractivity contribution in [1.29, 1.82) is 0 Å². The van der Waals surface area contributed by atoms with Gasteiger partial charge in [0.1, 0.15) is 5.69 Å². The molecule has 0 atom stereocenters. The topological polar surface area (TPSA) is 64.1 Å². The first-order chi connectivity index (χ1) is 7.81. The molecule has 0 spiro atoms. The van der Waals surface area contributed by atoms with E-state index in [1.54, 1.807) is 6.20 Å². The number of rotatable bonds is 4. The Kier molecular flexibility index (Phi) is 3.22. The number of nitrogens with two attached hydrogens (primary N) is 1. The molecule has 1 heterocycles. The Morgan fingerprint density at radius 3 is 3.06 bits per heavy atom. The smallest absolute Gasteiger partial charge is 0.189 e. The van der Waals surface area contributed by atoms with Gasteiger partial charge in [-0.15, -0.1) is 0 Å². The summed E-state index contributed by atoms with van der Waals surface area (Å²) >= 11 is 0. The molecule has 1 aromatic carbocycles. The number of anilines is 1. The fourth-order valence-electron chi connectivity index (χ4n) is 1.57. The SMILES string of the molecule is Cc1cccc(-c2oncc2NCCN)c1. The average molecular weight is 217 g/mol. The molecular weight excluding hydrogens is 202 g/mol. The number of hydrogen-bond donors (Lipinski definition) is 2. The molecule has 0 saturated heterocycles. The highest BCUT2D eigenvalue weighted by molar-refractivity contribution is 5.72. The van der Waals surface area contributed by atoms with E-state index >= 15 is 0 Å². The number of hydrogen-bond acceptors (Lipinski definition) is 4. The predicted molar refractivity (Wildman–Crippen MR) is 64.2 cm³/mol. The van der Waals surface area contributed by atoms with E-state index < -0.39 is 0 Å². The summed E-state index contributed by atoms with van der Waals surface area (Å²) in [6, 6.07) is 8.11. The lowest BCUT2D eigenvalue weighted by Gasteiger charge is -2.04. The van der Waals surface area contributed by atoms with Crippen molar-refractivity contribution in [2.45, 2.75) is 6.92 Å². The lowest BCUT2D eigenvalue weighted by Crippen LogP contribution is -2.13. The van der Waals surface area contributed by atoms with Crippen molar-refractivity contribution in [3.8, 4) is 11.3 Å². The van der Waals surface area contributed by atoms with Gasteiger partial charge in [-0.3, -0.25) is 0 Å². The Hall–Kier alpha value is -1.81. The van der Waals surface area contributed by atoms with Gasteiger partial charge in [0, 0.05) is 18.7 Å². The van der Waals surface area contributed by atoms with Crippen LogP contribution in [0.5, 0.6) is 0 Å². The zero-order valence-corrected chi connectivity index (χ0v) is 9.23. The van der Waals surface area contributed by atoms with Crippen molar-refractivity contribution in [1.82, 2.24) is 5.16 Å². The number of nitrogens with one attached hydrogen (secondary N) is 1. The number of nitrogens with zero attached hydrogens (tertiary/aromatic N) is 1. The third-order valence-corrected chi connectivity index (χ3v) is 2.31. The minimum atomic E-state index is 0.582. The van der Waals surface area contributed by atoms with E-state index in [0.29, 0.717) is 13.1 Å². The van der Waals surface area contributed by atoms with Crippen molar-refractivity contribution in [2.24, 2.45) is 5.73 Å². The van der Waals surface area contributed by atoms with Crippen LogP contribution in [0, 0.1) is 6.92 Å². The average Bonchev–Trinajstić information content (AvgIpc) is 2.74. The summed E-state index contributed by atoms with van der Waals surface area (Å²) in [5.41, 5.74) is 8.55. The van der Waals surface area contributed by atoms with Gasteiger partial charge in [-0.1, -0.05) is 28.9 Å². The van der Waals surface area contributed by atoms with E-state index in [9.17, 15) is 0 Å². The first kappa shape index (κ1) is 10.7. The summed E-state index contributed by atoms with van der Waals surface area (Å²) in [6.07, 6.45) is 1.67. The Balaban J connectivity index is 2.29. The molecule has 3 N–H and O–H groups in total. The monoisotopic (exact) mass is 217 g/mol. The summed E-state index contributed by atoms with van der Waals surface area (Å²) < 4.78 is 5.25. The van der Waals surface area contributed by atoms with Gasteiger partial charge in [-0.2, -0.15) is 0 Å². The first-order valence-electron chi connectivity index (χ1n) is 5.27. The van der Waals surface area contributed by atoms with Crippen LogP contribution in [0.25, 0.3) is 11.3 Å². The molecule has 84 valence electrons. The maximum atomic E-state index is 5.44. The fourth-order valence-corrected chi connectivity index (χ4v) is 1.57. The second-order valence-electron chi connectivity index (χ2n) is 3.65. The molecule has 0 saturated carbocycles. The van der Waals surface area contributed by atoms with Gasteiger partial charge in [0.2, 0.25) is 0 Å².